The van der Waals surface area contributed by atoms with Gasteiger partial charge in [0.2, 0.25) is 0 Å². The van der Waals surface area contributed by atoms with Crippen LogP contribution in [-0.4, -0.2) is 29.9 Å². The lowest BCUT2D eigenvalue weighted by molar-refractivity contribution is 0.0602. The molecule has 0 unspecified atom stereocenters. The summed E-state index contributed by atoms with van der Waals surface area (Å²) in [5.41, 5.74) is -0.120. The first kappa shape index (κ1) is 21.7. The average molecular weight is 471 g/mol. The van der Waals surface area contributed by atoms with Crippen LogP contribution >= 0.6 is 11.3 Å². The van der Waals surface area contributed by atoms with Crippen LogP contribution in [-0.2, 0) is 24.8 Å². The number of sulfonamides is 2. The number of nitrogens with one attached hydrogen (secondary N) is 2. The van der Waals surface area contributed by atoms with Gasteiger partial charge in [0.05, 0.1) is 23.4 Å². The fourth-order valence-corrected chi connectivity index (χ4v) is 5.92. The van der Waals surface area contributed by atoms with Crippen molar-refractivity contribution < 1.29 is 30.8 Å². The van der Waals surface area contributed by atoms with Crippen molar-refractivity contribution in [3.05, 3.63) is 70.7 Å². The van der Waals surface area contributed by atoms with Crippen LogP contribution in [0.1, 0.15) is 9.67 Å². The van der Waals surface area contributed by atoms with Crippen molar-refractivity contribution in [2.75, 3.05) is 16.6 Å². The van der Waals surface area contributed by atoms with Crippen LogP contribution in [0.2, 0.25) is 0 Å². The Hall–Kier alpha value is -2.96. The molecule has 0 amide bonds. The van der Waals surface area contributed by atoms with Crippen molar-refractivity contribution >= 4 is 48.7 Å². The van der Waals surface area contributed by atoms with Gasteiger partial charge >= 0.3 is 5.97 Å². The van der Waals surface area contributed by atoms with Crippen LogP contribution in [0.4, 0.5) is 15.8 Å². The van der Waals surface area contributed by atoms with Gasteiger partial charge in [-0.25, -0.2) is 26.0 Å². The Bertz CT molecular complexity index is 1290. The van der Waals surface area contributed by atoms with Gasteiger partial charge in [-0.2, -0.15) is 0 Å². The predicted octanol–water partition coefficient (Wildman–Crippen LogP) is 3.28. The zero-order chi connectivity index (χ0) is 21.9. The highest BCUT2D eigenvalue weighted by atomic mass is 32.2. The molecule has 0 aliphatic heterocycles. The SMILES string of the molecule is COC(=O)c1sccc1S(=O)(=O)Nc1ccccc1NS(=O)(=O)c1ccc(F)cc1. The molecule has 0 aliphatic carbocycles. The highest BCUT2D eigenvalue weighted by Gasteiger charge is 2.26. The summed E-state index contributed by atoms with van der Waals surface area (Å²) in [7, 11) is -7.21. The zero-order valence-corrected chi connectivity index (χ0v) is 17.8. The number of halogens is 1. The summed E-state index contributed by atoms with van der Waals surface area (Å²) in [6.07, 6.45) is 0. The van der Waals surface area contributed by atoms with Crippen molar-refractivity contribution in [3.63, 3.8) is 0 Å². The number of hydrogen-bond acceptors (Lipinski definition) is 7. The van der Waals surface area contributed by atoms with E-state index in [1.165, 1.54) is 35.7 Å². The quantitative estimate of drug-likeness (QED) is 0.512. The molecule has 158 valence electrons. The number of thiophene rings is 1. The molecule has 0 spiro atoms. The van der Waals surface area contributed by atoms with E-state index in [0.717, 1.165) is 42.7 Å². The lowest BCUT2D eigenvalue weighted by atomic mass is 10.3. The number of anilines is 2. The molecule has 0 atom stereocenters. The van der Waals surface area contributed by atoms with Crippen LogP contribution in [0.3, 0.4) is 0 Å². The smallest absolute Gasteiger partial charge is 0.349 e. The minimum atomic E-state index is -4.23. The number of carbonyl (C=O) groups is 1. The summed E-state index contributed by atoms with van der Waals surface area (Å²) < 4.78 is 73.0. The molecule has 3 rings (SSSR count). The molecule has 0 saturated heterocycles. The Morgan fingerprint density at radius 2 is 1.47 bits per heavy atom. The first-order valence-electron chi connectivity index (χ1n) is 8.20. The topological polar surface area (TPSA) is 119 Å². The molecule has 0 saturated carbocycles. The monoisotopic (exact) mass is 470 g/mol. The average Bonchev–Trinajstić information content (AvgIpc) is 3.20. The fourth-order valence-electron chi connectivity index (χ4n) is 2.43. The van der Waals surface area contributed by atoms with E-state index in [1.807, 2.05) is 0 Å². The number of benzene rings is 2. The van der Waals surface area contributed by atoms with Crippen molar-refractivity contribution in [1.82, 2.24) is 0 Å². The lowest BCUT2D eigenvalue weighted by Crippen LogP contribution is -2.18. The largest absolute Gasteiger partial charge is 0.465 e. The van der Waals surface area contributed by atoms with Crippen LogP contribution in [0.25, 0.3) is 0 Å². The van der Waals surface area contributed by atoms with Crippen LogP contribution < -0.4 is 9.44 Å². The molecule has 8 nitrogen and oxygen atoms in total. The van der Waals surface area contributed by atoms with Crippen LogP contribution in [0, 0.1) is 5.82 Å². The van der Waals surface area contributed by atoms with E-state index in [2.05, 4.69) is 14.2 Å². The number of esters is 1. The second kappa shape index (κ2) is 8.42. The molecule has 2 N–H and O–H groups in total. The van der Waals surface area contributed by atoms with E-state index in [0.29, 0.717) is 0 Å². The zero-order valence-electron chi connectivity index (χ0n) is 15.3. The van der Waals surface area contributed by atoms with Crippen molar-refractivity contribution in [2.24, 2.45) is 0 Å². The standard InChI is InChI=1S/C18H15FN2O6S3/c1-27-18(22)17-16(10-11-28-17)30(25,26)21-15-5-3-2-4-14(15)20-29(23,24)13-8-6-12(19)7-9-13/h2-11,20-21H,1H3. The van der Waals surface area contributed by atoms with Gasteiger partial charge < -0.3 is 4.74 Å². The first-order valence-corrected chi connectivity index (χ1v) is 12.0. The number of carbonyl (C=O) groups excluding carboxylic acids is 1. The van der Waals surface area contributed by atoms with Crippen molar-refractivity contribution in [2.45, 2.75) is 9.79 Å². The van der Waals surface area contributed by atoms with E-state index in [4.69, 9.17) is 0 Å². The molecule has 3 aromatic rings. The third-order valence-electron chi connectivity index (χ3n) is 3.83. The number of rotatable bonds is 7. The molecule has 1 heterocycles. The first-order chi connectivity index (χ1) is 14.1. The molecule has 0 radical (unpaired) electrons. The van der Waals surface area contributed by atoms with Gasteiger partial charge in [0.15, 0.2) is 0 Å². The Labute approximate surface area is 176 Å². The second-order valence-corrected chi connectivity index (χ2v) is 10.1. The molecular formula is C18H15FN2O6S3. The van der Waals surface area contributed by atoms with E-state index in [-0.39, 0.29) is 26.0 Å². The maximum absolute atomic E-state index is 13.1. The molecule has 12 heteroatoms. The van der Waals surface area contributed by atoms with Crippen molar-refractivity contribution in [3.8, 4) is 0 Å². The Balaban J connectivity index is 1.93. The van der Waals surface area contributed by atoms with Gasteiger partial charge in [-0.05, 0) is 47.8 Å². The second-order valence-electron chi connectivity index (χ2n) is 5.82. The van der Waals surface area contributed by atoms with Gasteiger partial charge in [-0.1, -0.05) is 12.1 Å². The van der Waals surface area contributed by atoms with Crippen LogP contribution in [0.5, 0.6) is 0 Å². The Kier molecular flexibility index (Phi) is 6.10. The van der Waals surface area contributed by atoms with E-state index < -0.39 is 31.8 Å². The Morgan fingerprint density at radius 1 is 0.900 bits per heavy atom. The number of ether oxygens (including phenoxy) is 1. The summed E-state index contributed by atoms with van der Waals surface area (Å²) in [5, 5.41) is 1.42. The number of hydrogen-bond donors (Lipinski definition) is 2. The van der Waals surface area contributed by atoms with Gasteiger partial charge in [0, 0.05) is 0 Å². The summed E-state index contributed by atoms with van der Waals surface area (Å²) in [6, 6.07) is 11.1. The molecule has 1 aromatic heterocycles. The highest BCUT2D eigenvalue weighted by molar-refractivity contribution is 7.93. The molecule has 0 bridgehead atoms. The number of para-hydroxylation sites is 2. The van der Waals surface area contributed by atoms with Gasteiger partial charge in [-0.3, -0.25) is 9.44 Å². The minimum Gasteiger partial charge on any atom is -0.465 e. The normalized spacial score (nSPS) is 11.7. The van der Waals surface area contributed by atoms with Crippen LogP contribution in [0.15, 0.2) is 69.8 Å². The summed E-state index contributed by atoms with van der Waals surface area (Å²) >= 11 is 0.896. The molecule has 0 fully saturated rings. The third-order valence-corrected chi connectivity index (χ3v) is 7.64. The maximum atomic E-state index is 13.1. The molecule has 30 heavy (non-hydrogen) atoms. The minimum absolute atomic E-state index is 0.0553. The molecule has 2 aromatic carbocycles. The van der Waals surface area contributed by atoms with Gasteiger partial charge in [0.25, 0.3) is 20.0 Å². The van der Waals surface area contributed by atoms with E-state index in [9.17, 15) is 26.0 Å². The molecule has 0 aliphatic rings. The van der Waals surface area contributed by atoms with Crippen molar-refractivity contribution in [1.29, 1.82) is 0 Å². The Morgan fingerprint density at radius 3 is 2.03 bits per heavy atom. The summed E-state index contributed by atoms with van der Waals surface area (Å²) in [4.78, 5) is 11.2. The summed E-state index contributed by atoms with van der Waals surface area (Å²) in [5.74, 6) is -1.41. The maximum Gasteiger partial charge on any atom is 0.349 e. The number of methoxy groups -OCH3 is 1. The summed E-state index contributed by atoms with van der Waals surface area (Å²) in [6.45, 7) is 0. The van der Waals surface area contributed by atoms with Gasteiger partial charge in [0.1, 0.15) is 15.6 Å². The van der Waals surface area contributed by atoms with Gasteiger partial charge in [-0.15, -0.1) is 11.3 Å². The third kappa shape index (κ3) is 4.61. The highest BCUT2D eigenvalue weighted by Crippen LogP contribution is 2.29. The van der Waals surface area contributed by atoms with E-state index in [1.54, 1.807) is 0 Å². The fraction of sp³-hybridized carbons (Fsp3) is 0.0556. The predicted molar refractivity (Wildman–Crippen MR) is 110 cm³/mol. The molecular weight excluding hydrogens is 455 g/mol. The van der Waals surface area contributed by atoms with E-state index >= 15 is 0 Å². The lowest BCUT2D eigenvalue weighted by Gasteiger charge is -2.14.